The molecule has 0 aliphatic carbocycles. The third kappa shape index (κ3) is 3.15. The summed E-state index contributed by atoms with van der Waals surface area (Å²) in [6, 6.07) is 9.65. The third-order valence-electron chi connectivity index (χ3n) is 1.46. The molecule has 1 atom stereocenters. The Hall–Kier alpha value is -0.670. The van der Waals surface area contributed by atoms with Crippen molar-refractivity contribution in [2.24, 2.45) is 5.73 Å². The van der Waals surface area contributed by atoms with Gasteiger partial charge in [-0.2, -0.15) is 12.6 Å². The molecule has 0 heterocycles. The van der Waals surface area contributed by atoms with Gasteiger partial charge in [0.2, 0.25) is 0 Å². The molecule has 1 aromatic rings. The van der Waals surface area contributed by atoms with Crippen molar-refractivity contribution in [3.63, 3.8) is 0 Å². The van der Waals surface area contributed by atoms with Crippen LogP contribution in [-0.2, 0) is 0 Å². The van der Waals surface area contributed by atoms with Crippen LogP contribution in [0.2, 0.25) is 0 Å². The average Bonchev–Trinajstić information content (AvgIpc) is 2.16. The van der Waals surface area contributed by atoms with Gasteiger partial charge >= 0.3 is 0 Å². The van der Waals surface area contributed by atoms with Gasteiger partial charge in [-0.05, 0) is 12.1 Å². The van der Waals surface area contributed by atoms with E-state index in [0.717, 1.165) is 5.75 Å². The molecule has 66 valence electrons. The molecule has 0 fully saturated rings. The highest BCUT2D eigenvalue weighted by molar-refractivity contribution is 7.81. The van der Waals surface area contributed by atoms with E-state index < -0.39 is 0 Å². The number of nitrogens with two attached hydrogens (primary N) is 1. The second-order valence-electron chi connectivity index (χ2n) is 2.51. The number of rotatable bonds is 4. The van der Waals surface area contributed by atoms with Crippen LogP contribution in [0.15, 0.2) is 30.3 Å². The number of hydrogen-bond acceptors (Lipinski definition) is 3. The van der Waals surface area contributed by atoms with E-state index >= 15 is 0 Å². The lowest BCUT2D eigenvalue weighted by atomic mass is 10.3. The predicted octanol–water partition coefficient (Wildman–Crippen LogP) is 1.32. The van der Waals surface area contributed by atoms with Gasteiger partial charge in [0.1, 0.15) is 12.4 Å². The lowest BCUT2D eigenvalue weighted by Gasteiger charge is -2.09. The Kier molecular flexibility index (Phi) is 3.97. The second-order valence-corrected chi connectivity index (χ2v) is 3.24. The van der Waals surface area contributed by atoms with Gasteiger partial charge in [0, 0.05) is 11.8 Å². The highest BCUT2D eigenvalue weighted by Gasteiger charge is 1.99. The molecule has 0 amide bonds. The van der Waals surface area contributed by atoms with Gasteiger partial charge in [0.15, 0.2) is 0 Å². The summed E-state index contributed by atoms with van der Waals surface area (Å²) >= 11 is 4.21. The van der Waals surface area contributed by atoms with Gasteiger partial charge in [-0.3, -0.25) is 0 Å². The zero-order valence-electron chi connectivity index (χ0n) is 6.81. The van der Waals surface area contributed by atoms with Crippen molar-refractivity contribution in [2.75, 3.05) is 13.2 Å². The van der Waals surface area contributed by atoms with Gasteiger partial charge in [0.05, 0.1) is 0 Å². The van der Waals surface area contributed by atoms with Crippen LogP contribution in [-0.4, -0.2) is 18.4 Å². The Morgan fingerprint density at radius 1 is 1.33 bits per heavy atom. The maximum Gasteiger partial charge on any atom is 0.119 e. The Morgan fingerprint density at radius 3 is 2.58 bits per heavy atom. The van der Waals surface area contributed by atoms with Crippen molar-refractivity contribution in [1.29, 1.82) is 0 Å². The molecule has 0 radical (unpaired) electrons. The summed E-state index contributed by atoms with van der Waals surface area (Å²) in [5, 5.41) is 0.116. The van der Waals surface area contributed by atoms with Crippen molar-refractivity contribution in [2.45, 2.75) is 5.25 Å². The minimum Gasteiger partial charge on any atom is -0.492 e. The minimum absolute atomic E-state index is 0.116. The highest BCUT2D eigenvalue weighted by Crippen LogP contribution is 2.09. The summed E-state index contributed by atoms with van der Waals surface area (Å²) in [5.74, 6) is 0.866. The monoisotopic (exact) mass is 183 g/mol. The molecule has 0 bridgehead atoms. The van der Waals surface area contributed by atoms with Gasteiger partial charge in [-0.25, -0.2) is 0 Å². The Bertz CT molecular complexity index is 215. The second kappa shape index (κ2) is 5.06. The van der Waals surface area contributed by atoms with Crippen LogP contribution < -0.4 is 10.5 Å². The average molecular weight is 183 g/mol. The summed E-state index contributed by atoms with van der Waals surface area (Å²) in [5.41, 5.74) is 5.38. The molecular formula is C9H13NOS. The lowest BCUT2D eigenvalue weighted by molar-refractivity contribution is 0.319. The van der Waals surface area contributed by atoms with Crippen LogP contribution in [0.3, 0.4) is 0 Å². The van der Waals surface area contributed by atoms with Crippen LogP contribution in [0.4, 0.5) is 0 Å². The fraction of sp³-hybridized carbons (Fsp3) is 0.333. The molecular weight excluding hydrogens is 170 g/mol. The van der Waals surface area contributed by atoms with E-state index in [1.807, 2.05) is 30.3 Å². The molecule has 3 heteroatoms. The third-order valence-corrected chi connectivity index (χ3v) is 1.82. The number of thiol groups is 1. The first kappa shape index (κ1) is 9.42. The number of ether oxygens (including phenoxy) is 1. The highest BCUT2D eigenvalue weighted by atomic mass is 32.1. The first-order chi connectivity index (χ1) is 5.83. The zero-order chi connectivity index (χ0) is 8.81. The molecule has 0 aliphatic heterocycles. The Labute approximate surface area is 78.1 Å². The fourth-order valence-corrected chi connectivity index (χ4v) is 0.852. The molecule has 0 spiro atoms. The number of para-hydroxylation sites is 1. The van der Waals surface area contributed by atoms with Crippen molar-refractivity contribution in [3.8, 4) is 5.75 Å². The molecule has 2 nitrogen and oxygen atoms in total. The van der Waals surface area contributed by atoms with E-state index in [9.17, 15) is 0 Å². The standard InChI is InChI=1S/C9H13NOS/c10-6-9(12)7-11-8-4-2-1-3-5-8/h1-5,9,12H,6-7,10H2. The topological polar surface area (TPSA) is 35.2 Å². The molecule has 0 saturated heterocycles. The van der Waals surface area contributed by atoms with Crippen LogP contribution in [0, 0.1) is 0 Å². The minimum atomic E-state index is 0.116. The molecule has 1 aromatic carbocycles. The van der Waals surface area contributed by atoms with Crippen LogP contribution in [0.1, 0.15) is 0 Å². The summed E-state index contributed by atoms with van der Waals surface area (Å²) in [6.45, 7) is 1.10. The first-order valence-electron chi connectivity index (χ1n) is 3.89. The zero-order valence-corrected chi connectivity index (χ0v) is 7.71. The smallest absolute Gasteiger partial charge is 0.119 e. The van der Waals surface area contributed by atoms with Crippen molar-refractivity contribution in [1.82, 2.24) is 0 Å². The normalized spacial score (nSPS) is 12.5. The van der Waals surface area contributed by atoms with E-state index in [-0.39, 0.29) is 5.25 Å². The summed E-state index contributed by atoms with van der Waals surface area (Å²) < 4.78 is 5.40. The van der Waals surface area contributed by atoms with E-state index in [4.69, 9.17) is 10.5 Å². The maximum absolute atomic E-state index is 5.40. The number of benzene rings is 1. The van der Waals surface area contributed by atoms with Crippen molar-refractivity contribution < 1.29 is 4.74 Å². The molecule has 12 heavy (non-hydrogen) atoms. The van der Waals surface area contributed by atoms with Crippen molar-refractivity contribution >= 4 is 12.6 Å². The fourth-order valence-electron chi connectivity index (χ4n) is 0.777. The largest absolute Gasteiger partial charge is 0.492 e. The maximum atomic E-state index is 5.40. The molecule has 0 aliphatic rings. The summed E-state index contributed by atoms with van der Waals surface area (Å²) in [7, 11) is 0. The van der Waals surface area contributed by atoms with Crippen LogP contribution in [0.5, 0.6) is 5.75 Å². The Morgan fingerprint density at radius 2 is 2.00 bits per heavy atom. The summed E-state index contributed by atoms with van der Waals surface area (Å²) in [6.07, 6.45) is 0. The molecule has 1 rings (SSSR count). The quantitative estimate of drug-likeness (QED) is 0.691. The van der Waals surface area contributed by atoms with E-state index in [2.05, 4.69) is 12.6 Å². The van der Waals surface area contributed by atoms with Gasteiger partial charge in [-0.1, -0.05) is 18.2 Å². The predicted molar refractivity (Wildman–Crippen MR) is 53.8 cm³/mol. The molecule has 1 unspecified atom stereocenters. The van der Waals surface area contributed by atoms with Gasteiger partial charge < -0.3 is 10.5 Å². The first-order valence-corrected chi connectivity index (χ1v) is 4.40. The van der Waals surface area contributed by atoms with E-state index in [1.165, 1.54) is 0 Å². The van der Waals surface area contributed by atoms with Crippen LogP contribution in [0.25, 0.3) is 0 Å². The number of hydrogen-bond donors (Lipinski definition) is 2. The molecule has 0 aromatic heterocycles. The van der Waals surface area contributed by atoms with Gasteiger partial charge in [0.25, 0.3) is 0 Å². The molecule has 0 saturated carbocycles. The van der Waals surface area contributed by atoms with Crippen LogP contribution >= 0.6 is 12.6 Å². The van der Waals surface area contributed by atoms with Crippen molar-refractivity contribution in [3.05, 3.63) is 30.3 Å². The van der Waals surface area contributed by atoms with E-state index in [1.54, 1.807) is 0 Å². The van der Waals surface area contributed by atoms with Gasteiger partial charge in [-0.15, -0.1) is 0 Å². The molecule has 2 N–H and O–H groups in total. The lowest BCUT2D eigenvalue weighted by Crippen LogP contribution is -2.21. The summed E-state index contributed by atoms with van der Waals surface area (Å²) in [4.78, 5) is 0. The SMILES string of the molecule is NCC(S)COc1ccccc1. The Balaban J connectivity index is 2.33. The van der Waals surface area contributed by atoms with E-state index in [0.29, 0.717) is 13.2 Å².